The Morgan fingerprint density at radius 1 is 0.636 bits per heavy atom. The SMILES string of the molecule is c1ccc(COC2C/C2=C2\CC2OCc2ccccc2)cc1. The van der Waals surface area contributed by atoms with Crippen LogP contribution in [0.4, 0.5) is 0 Å². The Labute approximate surface area is 131 Å². The minimum atomic E-state index is 0.334. The molecule has 0 saturated heterocycles. The summed E-state index contributed by atoms with van der Waals surface area (Å²) in [7, 11) is 0. The first-order chi connectivity index (χ1) is 10.9. The Balaban J connectivity index is 1.24. The molecule has 0 radical (unpaired) electrons. The van der Waals surface area contributed by atoms with Crippen LogP contribution in [0.5, 0.6) is 0 Å². The van der Waals surface area contributed by atoms with Gasteiger partial charge < -0.3 is 9.47 Å². The highest BCUT2D eigenvalue weighted by molar-refractivity contribution is 5.43. The maximum Gasteiger partial charge on any atom is 0.0832 e. The van der Waals surface area contributed by atoms with Crippen molar-refractivity contribution in [3.8, 4) is 0 Å². The zero-order valence-electron chi connectivity index (χ0n) is 12.6. The fourth-order valence-corrected chi connectivity index (χ4v) is 2.82. The summed E-state index contributed by atoms with van der Waals surface area (Å²) >= 11 is 0. The van der Waals surface area contributed by atoms with Gasteiger partial charge in [0.25, 0.3) is 0 Å². The van der Waals surface area contributed by atoms with Crippen molar-refractivity contribution in [3.63, 3.8) is 0 Å². The van der Waals surface area contributed by atoms with Crippen LogP contribution in [0.25, 0.3) is 0 Å². The number of rotatable bonds is 6. The zero-order chi connectivity index (χ0) is 14.8. The van der Waals surface area contributed by atoms with Gasteiger partial charge in [-0.2, -0.15) is 0 Å². The number of hydrogen-bond donors (Lipinski definition) is 0. The quantitative estimate of drug-likeness (QED) is 0.741. The molecule has 2 saturated carbocycles. The van der Waals surface area contributed by atoms with Gasteiger partial charge in [-0.15, -0.1) is 0 Å². The summed E-state index contributed by atoms with van der Waals surface area (Å²) < 4.78 is 11.9. The molecule has 2 unspecified atom stereocenters. The summed E-state index contributed by atoms with van der Waals surface area (Å²) in [6.07, 6.45) is 2.85. The lowest BCUT2D eigenvalue weighted by molar-refractivity contribution is 0.109. The van der Waals surface area contributed by atoms with Gasteiger partial charge in [-0.1, -0.05) is 60.7 Å². The lowest BCUT2D eigenvalue weighted by Crippen LogP contribution is -1.96. The standard InChI is InChI=1S/C20H20O2/c1-3-7-15(8-4-1)13-21-19-11-17(19)18-12-20(18)22-14-16-9-5-2-6-10-16/h1-10,19-20H,11-14H2/b18-17-. The van der Waals surface area contributed by atoms with Crippen molar-refractivity contribution in [1.82, 2.24) is 0 Å². The maximum atomic E-state index is 5.95. The van der Waals surface area contributed by atoms with Crippen molar-refractivity contribution in [3.05, 3.63) is 82.9 Å². The molecule has 2 atom stereocenters. The zero-order valence-corrected chi connectivity index (χ0v) is 12.6. The molecule has 2 aromatic carbocycles. The Hall–Kier alpha value is -1.90. The molecule has 0 bridgehead atoms. The molecule has 0 aliphatic heterocycles. The van der Waals surface area contributed by atoms with Gasteiger partial charge in [-0.05, 0) is 22.3 Å². The second-order valence-electron chi connectivity index (χ2n) is 6.03. The third-order valence-corrected chi connectivity index (χ3v) is 4.27. The van der Waals surface area contributed by atoms with E-state index >= 15 is 0 Å². The van der Waals surface area contributed by atoms with Gasteiger partial charge >= 0.3 is 0 Å². The lowest BCUT2D eigenvalue weighted by Gasteiger charge is -2.02. The monoisotopic (exact) mass is 292 g/mol. The number of hydrogen-bond acceptors (Lipinski definition) is 2. The first-order valence-electron chi connectivity index (χ1n) is 7.93. The Bertz CT molecular complexity index is 601. The molecule has 4 rings (SSSR count). The summed E-state index contributed by atoms with van der Waals surface area (Å²) in [5.74, 6) is 0. The van der Waals surface area contributed by atoms with E-state index in [2.05, 4.69) is 48.5 Å². The van der Waals surface area contributed by atoms with Gasteiger partial charge in [0.05, 0.1) is 25.4 Å². The lowest BCUT2D eigenvalue weighted by atomic mass is 10.2. The fourth-order valence-electron chi connectivity index (χ4n) is 2.82. The summed E-state index contributed by atoms with van der Waals surface area (Å²) in [5.41, 5.74) is 5.45. The molecule has 2 aliphatic rings. The smallest absolute Gasteiger partial charge is 0.0832 e. The van der Waals surface area contributed by atoms with E-state index in [0.717, 1.165) is 12.8 Å². The van der Waals surface area contributed by atoms with Crippen LogP contribution in [-0.4, -0.2) is 12.2 Å². The van der Waals surface area contributed by atoms with Crippen molar-refractivity contribution in [1.29, 1.82) is 0 Å². The maximum absolute atomic E-state index is 5.95. The molecule has 22 heavy (non-hydrogen) atoms. The van der Waals surface area contributed by atoms with Crippen LogP contribution in [0, 0.1) is 0 Å². The van der Waals surface area contributed by atoms with E-state index in [0.29, 0.717) is 25.4 Å². The minimum Gasteiger partial charge on any atom is -0.369 e. The van der Waals surface area contributed by atoms with Gasteiger partial charge in [0.1, 0.15) is 0 Å². The van der Waals surface area contributed by atoms with Crippen LogP contribution < -0.4 is 0 Å². The molecule has 2 aliphatic carbocycles. The Morgan fingerprint density at radius 3 is 1.45 bits per heavy atom. The molecule has 2 aromatic rings. The second kappa shape index (κ2) is 6.07. The van der Waals surface area contributed by atoms with Crippen LogP contribution >= 0.6 is 0 Å². The van der Waals surface area contributed by atoms with Crippen molar-refractivity contribution in [2.75, 3.05) is 0 Å². The Morgan fingerprint density at radius 2 is 1.05 bits per heavy atom. The molecule has 0 aromatic heterocycles. The van der Waals surface area contributed by atoms with E-state index in [4.69, 9.17) is 9.47 Å². The van der Waals surface area contributed by atoms with Gasteiger partial charge in [-0.25, -0.2) is 0 Å². The van der Waals surface area contributed by atoms with Crippen molar-refractivity contribution >= 4 is 0 Å². The predicted molar refractivity (Wildman–Crippen MR) is 86.3 cm³/mol. The van der Waals surface area contributed by atoms with Crippen molar-refractivity contribution in [2.45, 2.75) is 38.3 Å². The highest BCUT2D eigenvalue weighted by Crippen LogP contribution is 2.47. The van der Waals surface area contributed by atoms with Gasteiger partial charge in [0.2, 0.25) is 0 Å². The van der Waals surface area contributed by atoms with Gasteiger partial charge in [-0.3, -0.25) is 0 Å². The van der Waals surface area contributed by atoms with E-state index in [9.17, 15) is 0 Å². The molecular formula is C20H20O2. The van der Waals surface area contributed by atoms with E-state index in [1.54, 1.807) is 0 Å². The predicted octanol–water partition coefficient (Wildman–Crippen LogP) is 4.26. The van der Waals surface area contributed by atoms with Gasteiger partial charge in [0, 0.05) is 12.8 Å². The van der Waals surface area contributed by atoms with E-state index in [1.165, 1.54) is 22.3 Å². The Kier molecular flexibility index (Phi) is 3.79. The molecule has 0 heterocycles. The number of ether oxygens (including phenoxy) is 2. The van der Waals surface area contributed by atoms with E-state index in [-0.39, 0.29) is 0 Å². The number of benzene rings is 2. The van der Waals surface area contributed by atoms with E-state index in [1.807, 2.05) is 12.1 Å². The third-order valence-electron chi connectivity index (χ3n) is 4.27. The normalized spacial score (nSPS) is 26.0. The third kappa shape index (κ3) is 3.29. The summed E-state index contributed by atoms with van der Waals surface area (Å²) in [6, 6.07) is 20.7. The first kappa shape index (κ1) is 13.7. The summed E-state index contributed by atoms with van der Waals surface area (Å²) in [4.78, 5) is 0. The molecule has 112 valence electrons. The van der Waals surface area contributed by atoms with Crippen molar-refractivity contribution < 1.29 is 9.47 Å². The minimum absolute atomic E-state index is 0.334. The molecule has 0 spiro atoms. The van der Waals surface area contributed by atoms with Crippen LogP contribution in [0.15, 0.2) is 71.8 Å². The largest absolute Gasteiger partial charge is 0.369 e. The molecule has 2 heteroatoms. The second-order valence-corrected chi connectivity index (χ2v) is 6.03. The fraction of sp³-hybridized carbons (Fsp3) is 0.300. The van der Waals surface area contributed by atoms with Gasteiger partial charge in [0.15, 0.2) is 0 Å². The first-order valence-corrected chi connectivity index (χ1v) is 7.93. The molecule has 0 amide bonds. The molecule has 2 fully saturated rings. The van der Waals surface area contributed by atoms with Crippen LogP contribution in [0.3, 0.4) is 0 Å². The average Bonchev–Trinajstić information content (AvgIpc) is 3.47. The summed E-state index contributed by atoms with van der Waals surface area (Å²) in [6.45, 7) is 1.41. The van der Waals surface area contributed by atoms with Crippen LogP contribution in [0.2, 0.25) is 0 Å². The molecular weight excluding hydrogens is 272 g/mol. The van der Waals surface area contributed by atoms with Crippen molar-refractivity contribution in [2.24, 2.45) is 0 Å². The average molecular weight is 292 g/mol. The van der Waals surface area contributed by atoms with Crippen LogP contribution in [-0.2, 0) is 22.7 Å². The van der Waals surface area contributed by atoms with Crippen LogP contribution in [0.1, 0.15) is 24.0 Å². The highest BCUT2D eigenvalue weighted by Gasteiger charge is 2.43. The topological polar surface area (TPSA) is 18.5 Å². The van der Waals surface area contributed by atoms with E-state index < -0.39 is 0 Å². The summed E-state index contributed by atoms with van der Waals surface area (Å²) in [5, 5.41) is 0. The highest BCUT2D eigenvalue weighted by atomic mass is 16.5. The molecule has 0 N–H and O–H groups in total. The molecule has 2 nitrogen and oxygen atoms in total.